The fourth-order valence-corrected chi connectivity index (χ4v) is 4.91. The second-order valence-electron chi connectivity index (χ2n) is 7.87. The lowest BCUT2D eigenvalue weighted by atomic mass is 9.60. The molecule has 0 bridgehead atoms. The lowest BCUT2D eigenvalue weighted by Gasteiger charge is -2.54. The normalized spacial score (nSPS) is 23.5. The molecule has 2 aliphatic rings. The minimum Gasteiger partial charge on any atom is -0.378 e. The molecular formula is C21H32IN5O. The Kier molecular flexibility index (Phi) is 6.85. The molecule has 0 aromatic carbocycles. The molecule has 2 saturated carbocycles. The minimum atomic E-state index is 0. The molecule has 2 N–H and O–H groups in total. The van der Waals surface area contributed by atoms with E-state index in [-0.39, 0.29) is 24.0 Å². The third-order valence-corrected chi connectivity index (χ3v) is 6.40. The molecule has 28 heavy (non-hydrogen) atoms. The maximum absolute atomic E-state index is 6.02. The molecule has 7 heteroatoms. The fourth-order valence-electron chi connectivity index (χ4n) is 4.91. The van der Waals surface area contributed by atoms with Gasteiger partial charge in [0, 0.05) is 37.0 Å². The van der Waals surface area contributed by atoms with E-state index in [0.717, 1.165) is 30.3 Å². The Morgan fingerprint density at radius 3 is 2.82 bits per heavy atom. The van der Waals surface area contributed by atoms with Crippen LogP contribution in [0.15, 0.2) is 29.4 Å². The van der Waals surface area contributed by atoms with E-state index in [9.17, 15) is 0 Å². The number of guanidine groups is 1. The summed E-state index contributed by atoms with van der Waals surface area (Å²) in [6.07, 6.45) is 8.72. The summed E-state index contributed by atoms with van der Waals surface area (Å²) < 4.78 is 8.15. The van der Waals surface area contributed by atoms with Crippen LogP contribution >= 0.6 is 24.0 Å². The maximum Gasteiger partial charge on any atom is 0.191 e. The van der Waals surface area contributed by atoms with Gasteiger partial charge in [0.25, 0.3) is 0 Å². The molecule has 0 aliphatic heterocycles. The van der Waals surface area contributed by atoms with Gasteiger partial charge in [-0.2, -0.15) is 0 Å². The topological polar surface area (TPSA) is 63.0 Å². The number of ether oxygens (including phenoxy) is 1. The van der Waals surface area contributed by atoms with Gasteiger partial charge in [0.2, 0.25) is 0 Å². The van der Waals surface area contributed by atoms with E-state index >= 15 is 0 Å². The number of aliphatic imine (C=N–C) groups is 1. The van der Waals surface area contributed by atoms with Crippen LogP contribution < -0.4 is 10.6 Å². The monoisotopic (exact) mass is 497 g/mol. The zero-order chi connectivity index (χ0) is 18.9. The number of halogens is 1. The van der Waals surface area contributed by atoms with E-state index < -0.39 is 0 Å². The van der Waals surface area contributed by atoms with Gasteiger partial charge in [-0.15, -0.1) is 24.0 Å². The molecule has 2 aromatic heterocycles. The molecule has 0 amide bonds. The first-order valence-corrected chi connectivity index (χ1v) is 10.2. The summed E-state index contributed by atoms with van der Waals surface area (Å²) in [7, 11) is 1.84. The number of rotatable bonds is 5. The summed E-state index contributed by atoms with van der Waals surface area (Å²) in [5, 5.41) is 7.10. The Hall–Kier alpha value is -1.35. The van der Waals surface area contributed by atoms with Crippen LogP contribution in [0.1, 0.15) is 50.4 Å². The Bertz CT molecular complexity index is 827. The summed E-state index contributed by atoms with van der Waals surface area (Å²) in [5.74, 6) is 0.856. The first kappa shape index (κ1) is 21.4. The number of nitrogens with one attached hydrogen (secondary N) is 2. The van der Waals surface area contributed by atoms with Gasteiger partial charge in [0.1, 0.15) is 5.65 Å². The van der Waals surface area contributed by atoms with Crippen molar-refractivity contribution in [2.24, 2.45) is 10.4 Å². The van der Waals surface area contributed by atoms with Crippen LogP contribution in [0.25, 0.3) is 5.65 Å². The van der Waals surface area contributed by atoms with Crippen molar-refractivity contribution in [3.8, 4) is 0 Å². The summed E-state index contributed by atoms with van der Waals surface area (Å²) in [6, 6.07) is 6.63. The highest BCUT2D eigenvalue weighted by Gasteiger charge is 2.56. The Morgan fingerprint density at radius 2 is 2.14 bits per heavy atom. The zero-order valence-electron chi connectivity index (χ0n) is 17.1. The van der Waals surface area contributed by atoms with Gasteiger partial charge in [-0.3, -0.25) is 4.99 Å². The Labute approximate surface area is 184 Å². The third-order valence-electron chi connectivity index (χ3n) is 6.40. The highest BCUT2D eigenvalue weighted by atomic mass is 127. The van der Waals surface area contributed by atoms with E-state index in [1.165, 1.54) is 31.4 Å². The minimum absolute atomic E-state index is 0. The first-order valence-electron chi connectivity index (χ1n) is 10.2. The van der Waals surface area contributed by atoms with Crippen molar-refractivity contribution < 1.29 is 4.74 Å². The predicted octanol–water partition coefficient (Wildman–Crippen LogP) is 3.66. The molecule has 2 unspecified atom stereocenters. The van der Waals surface area contributed by atoms with Gasteiger partial charge in [-0.25, -0.2) is 4.98 Å². The van der Waals surface area contributed by atoms with E-state index in [0.29, 0.717) is 24.1 Å². The summed E-state index contributed by atoms with van der Waals surface area (Å²) in [6.45, 7) is 5.66. The average molecular weight is 497 g/mol. The van der Waals surface area contributed by atoms with Crippen LogP contribution in [-0.4, -0.2) is 41.1 Å². The molecule has 1 spiro atoms. The van der Waals surface area contributed by atoms with Crippen molar-refractivity contribution in [2.45, 2.75) is 64.6 Å². The SMILES string of the molecule is CCOC1CC(NC(=NC)NCc2cn3c(C)cccc3n2)C12CCCC2.I. The molecule has 2 heterocycles. The van der Waals surface area contributed by atoms with E-state index in [2.05, 4.69) is 46.1 Å². The van der Waals surface area contributed by atoms with Gasteiger partial charge < -0.3 is 19.8 Å². The summed E-state index contributed by atoms with van der Waals surface area (Å²) in [5.41, 5.74) is 3.49. The number of hydrogen-bond donors (Lipinski definition) is 2. The summed E-state index contributed by atoms with van der Waals surface area (Å²) >= 11 is 0. The van der Waals surface area contributed by atoms with Gasteiger partial charge in [0.05, 0.1) is 18.3 Å². The lowest BCUT2D eigenvalue weighted by Crippen LogP contribution is -2.65. The van der Waals surface area contributed by atoms with Crippen LogP contribution in [0, 0.1) is 12.3 Å². The summed E-state index contributed by atoms with van der Waals surface area (Å²) in [4.78, 5) is 9.14. The standard InChI is InChI=1S/C21H31N5O.HI/c1-4-27-18-12-17(21(18)10-5-6-11-21)25-20(22-3)23-13-16-14-26-15(2)8-7-9-19(26)24-16;/h7-9,14,17-18H,4-6,10-13H2,1-3H3,(H2,22,23,25);1H. The van der Waals surface area contributed by atoms with Crippen molar-refractivity contribution in [1.82, 2.24) is 20.0 Å². The van der Waals surface area contributed by atoms with Crippen molar-refractivity contribution in [2.75, 3.05) is 13.7 Å². The molecule has 4 rings (SSSR count). The Morgan fingerprint density at radius 1 is 1.36 bits per heavy atom. The number of hydrogen-bond acceptors (Lipinski definition) is 3. The number of fused-ring (bicyclic) bond motifs is 1. The van der Waals surface area contributed by atoms with Crippen molar-refractivity contribution >= 4 is 35.6 Å². The predicted molar refractivity (Wildman–Crippen MR) is 123 cm³/mol. The molecule has 154 valence electrons. The van der Waals surface area contributed by atoms with Crippen molar-refractivity contribution in [3.05, 3.63) is 35.8 Å². The number of imidazole rings is 1. The number of nitrogens with zero attached hydrogens (tertiary/aromatic N) is 3. The zero-order valence-corrected chi connectivity index (χ0v) is 19.4. The van der Waals surface area contributed by atoms with Crippen LogP contribution in [0.2, 0.25) is 0 Å². The molecule has 2 atom stereocenters. The van der Waals surface area contributed by atoms with Crippen molar-refractivity contribution in [1.29, 1.82) is 0 Å². The Balaban J connectivity index is 0.00000225. The van der Waals surface area contributed by atoms with E-state index in [1.54, 1.807) is 0 Å². The van der Waals surface area contributed by atoms with Gasteiger partial charge in [-0.05, 0) is 45.2 Å². The smallest absolute Gasteiger partial charge is 0.191 e. The fraction of sp³-hybridized carbons (Fsp3) is 0.619. The van der Waals surface area contributed by atoms with E-state index in [4.69, 9.17) is 9.72 Å². The average Bonchev–Trinajstić information content (AvgIpc) is 3.32. The molecule has 2 fully saturated rings. The highest BCUT2D eigenvalue weighted by molar-refractivity contribution is 14.0. The molecule has 0 radical (unpaired) electrons. The van der Waals surface area contributed by atoms with Crippen LogP contribution in [0.5, 0.6) is 0 Å². The largest absolute Gasteiger partial charge is 0.378 e. The van der Waals surface area contributed by atoms with Gasteiger partial charge in [-0.1, -0.05) is 18.9 Å². The van der Waals surface area contributed by atoms with Crippen molar-refractivity contribution in [3.63, 3.8) is 0 Å². The number of aryl methyl sites for hydroxylation is 1. The molecule has 2 aliphatic carbocycles. The van der Waals surface area contributed by atoms with Gasteiger partial charge >= 0.3 is 0 Å². The van der Waals surface area contributed by atoms with E-state index in [1.807, 2.05) is 19.2 Å². The quantitative estimate of drug-likeness (QED) is 0.376. The third kappa shape index (κ3) is 3.87. The molecule has 0 saturated heterocycles. The van der Waals surface area contributed by atoms with Crippen LogP contribution in [0.3, 0.4) is 0 Å². The second kappa shape index (κ2) is 8.98. The molecular weight excluding hydrogens is 465 g/mol. The molecule has 6 nitrogen and oxygen atoms in total. The van der Waals surface area contributed by atoms with Crippen LogP contribution in [-0.2, 0) is 11.3 Å². The second-order valence-corrected chi connectivity index (χ2v) is 7.87. The lowest BCUT2D eigenvalue weighted by molar-refractivity contribution is -0.125. The number of pyridine rings is 1. The number of aromatic nitrogens is 2. The first-order chi connectivity index (χ1) is 13.2. The molecule has 2 aromatic rings. The highest BCUT2D eigenvalue weighted by Crippen LogP contribution is 2.54. The maximum atomic E-state index is 6.02. The van der Waals surface area contributed by atoms with Crippen LogP contribution in [0.4, 0.5) is 0 Å². The van der Waals surface area contributed by atoms with Gasteiger partial charge in [0.15, 0.2) is 5.96 Å².